The lowest BCUT2D eigenvalue weighted by Gasteiger charge is -2.28. The second-order valence-electron chi connectivity index (χ2n) is 3.78. The van der Waals surface area contributed by atoms with Crippen LogP contribution in [0.1, 0.15) is 19.4 Å². The molecule has 1 aliphatic rings. The third-order valence-electron chi connectivity index (χ3n) is 2.38. The lowest BCUT2D eigenvalue weighted by Crippen LogP contribution is -2.34. The summed E-state index contributed by atoms with van der Waals surface area (Å²) in [7, 11) is -3.34. The van der Waals surface area contributed by atoms with Crippen LogP contribution in [0.25, 0.3) is 6.08 Å². The Morgan fingerprint density at radius 3 is 2.53 bits per heavy atom. The maximum Gasteiger partial charge on any atom is 0.264 e. The van der Waals surface area contributed by atoms with Crippen molar-refractivity contribution in [3.8, 4) is 0 Å². The van der Waals surface area contributed by atoms with Crippen LogP contribution in [0.2, 0.25) is 0 Å². The monoisotopic (exact) mass is 223 g/mol. The summed E-state index contributed by atoms with van der Waals surface area (Å²) in [4.78, 5) is 0.390. The SMILES string of the molecule is CC(C)N1C=Cc2ccccc2S1(=O)=O. The number of fused-ring (bicyclic) bond motifs is 1. The minimum absolute atomic E-state index is 0.0559. The predicted octanol–water partition coefficient (Wildman–Crippen LogP) is 2.07. The van der Waals surface area contributed by atoms with E-state index >= 15 is 0 Å². The van der Waals surface area contributed by atoms with Crippen LogP contribution in [0.3, 0.4) is 0 Å². The minimum atomic E-state index is -3.34. The van der Waals surface area contributed by atoms with Gasteiger partial charge < -0.3 is 0 Å². The molecule has 3 nitrogen and oxygen atoms in total. The molecule has 1 aliphatic heterocycles. The fraction of sp³-hybridized carbons (Fsp3) is 0.273. The molecule has 0 unspecified atom stereocenters. The van der Waals surface area contributed by atoms with E-state index in [1.54, 1.807) is 24.4 Å². The zero-order valence-corrected chi connectivity index (χ0v) is 9.53. The van der Waals surface area contributed by atoms with Gasteiger partial charge in [0.05, 0.1) is 4.90 Å². The first-order chi connectivity index (χ1) is 7.03. The second kappa shape index (κ2) is 3.38. The molecule has 0 amide bonds. The van der Waals surface area contributed by atoms with Crippen molar-refractivity contribution in [2.24, 2.45) is 0 Å². The van der Waals surface area contributed by atoms with Gasteiger partial charge in [-0.3, -0.25) is 4.31 Å². The van der Waals surface area contributed by atoms with Gasteiger partial charge in [-0.15, -0.1) is 0 Å². The number of nitrogens with zero attached hydrogens (tertiary/aromatic N) is 1. The van der Waals surface area contributed by atoms with Gasteiger partial charge in [-0.05, 0) is 31.6 Å². The fourth-order valence-electron chi connectivity index (χ4n) is 1.65. The van der Waals surface area contributed by atoms with E-state index < -0.39 is 10.0 Å². The van der Waals surface area contributed by atoms with Crippen LogP contribution < -0.4 is 0 Å². The summed E-state index contributed by atoms with van der Waals surface area (Å²) in [6, 6.07) is 6.97. The zero-order valence-electron chi connectivity index (χ0n) is 8.71. The molecule has 15 heavy (non-hydrogen) atoms. The maximum atomic E-state index is 12.1. The van der Waals surface area contributed by atoms with Gasteiger partial charge in [0, 0.05) is 12.2 Å². The summed E-state index contributed by atoms with van der Waals surface area (Å²) in [6.07, 6.45) is 3.46. The van der Waals surface area contributed by atoms with Crippen molar-refractivity contribution in [1.29, 1.82) is 0 Å². The molecule has 80 valence electrons. The molecule has 0 spiro atoms. The van der Waals surface area contributed by atoms with Gasteiger partial charge in [-0.2, -0.15) is 0 Å². The molecule has 1 heterocycles. The Kier molecular flexibility index (Phi) is 2.31. The van der Waals surface area contributed by atoms with Crippen molar-refractivity contribution < 1.29 is 8.42 Å². The van der Waals surface area contributed by atoms with Crippen molar-refractivity contribution in [3.05, 3.63) is 36.0 Å². The van der Waals surface area contributed by atoms with E-state index in [-0.39, 0.29) is 6.04 Å². The average molecular weight is 223 g/mol. The van der Waals surface area contributed by atoms with Gasteiger partial charge >= 0.3 is 0 Å². The number of sulfonamides is 1. The third kappa shape index (κ3) is 1.55. The first kappa shape index (κ1) is 10.2. The summed E-state index contributed by atoms with van der Waals surface area (Å²) in [5.74, 6) is 0. The van der Waals surface area contributed by atoms with E-state index in [2.05, 4.69) is 0 Å². The molecule has 1 aromatic carbocycles. The van der Waals surface area contributed by atoms with Crippen LogP contribution in [-0.2, 0) is 10.0 Å². The molecule has 1 aromatic rings. The topological polar surface area (TPSA) is 37.4 Å². The van der Waals surface area contributed by atoms with Crippen molar-refractivity contribution in [3.63, 3.8) is 0 Å². The summed E-state index contributed by atoms with van der Waals surface area (Å²) in [5, 5.41) is 0. The summed E-state index contributed by atoms with van der Waals surface area (Å²) < 4.78 is 25.6. The molecule has 0 saturated heterocycles. The quantitative estimate of drug-likeness (QED) is 0.731. The van der Waals surface area contributed by atoms with E-state index in [4.69, 9.17) is 0 Å². The Hall–Kier alpha value is -1.29. The molecule has 0 atom stereocenters. The van der Waals surface area contributed by atoms with Gasteiger partial charge in [0.15, 0.2) is 0 Å². The largest absolute Gasteiger partial charge is 0.271 e. The first-order valence-corrected chi connectivity index (χ1v) is 6.28. The summed E-state index contributed by atoms with van der Waals surface area (Å²) in [6.45, 7) is 3.71. The molecule has 0 N–H and O–H groups in total. The van der Waals surface area contributed by atoms with Crippen LogP contribution in [0.5, 0.6) is 0 Å². The Bertz CT molecular complexity index is 503. The molecular formula is C11H13NO2S. The Balaban J connectivity index is 2.63. The van der Waals surface area contributed by atoms with Crippen LogP contribution in [0.15, 0.2) is 35.4 Å². The van der Waals surface area contributed by atoms with Crippen molar-refractivity contribution in [2.45, 2.75) is 24.8 Å². The Morgan fingerprint density at radius 2 is 1.87 bits per heavy atom. The Labute approximate surface area is 90.1 Å². The van der Waals surface area contributed by atoms with Gasteiger partial charge in [0.2, 0.25) is 0 Å². The highest BCUT2D eigenvalue weighted by molar-refractivity contribution is 7.89. The van der Waals surface area contributed by atoms with Gasteiger partial charge in [-0.1, -0.05) is 18.2 Å². The molecule has 0 bridgehead atoms. The Morgan fingerprint density at radius 1 is 1.20 bits per heavy atom. The lowest BCUT2D eigenvalue weighted by atomic mass is 10.2. The lowest BCUT2D eigenvalue weighted by molar-refractivity contribution is 0.441. The molecule has 2 rings (SSSR count). The average Bonchev–Trinajstić information content (AvgIpc) is 2.17. The third-order valence-corrected chi connectivity index (χ3v) is 4.41. The number of hydrogen-bond acceptors (Lipinski definition) is 2. The highest BCUT2D eigenvalue weighted by Crippen LogP contribution is 2.27. The highest BCUT2D eigenvalue weighted by Gasteiger charge is 2.28. The number of hydrogen-bond donors (Lipinski definition) is 0. The van der Waals surface area contributed by atoms with Crippen LogP contribution >= 0.6 is 0 Å². The summed E-state index contributed by atoms with van der Waals surface area (Å²) >= 11 is 0. The number of rotatable bonds is 1. The van der Waals surface area contributed by atoms with Crippen molar-refractivity contribution in [2.75, 3.05) is 0 Å². The number of benzene rings is 1. The van der Waals surface area contributed by atoms with E-state index in [1.165, 1.54) is 4.31 Å². The van der Waals surface area contributed by atoms with Crippen molar-refractivity contribution >= 4 is 16.1 Å². The smallest absolute Gasteiger partial charge is 0.264 e. The van der Waals surface area contributed by atoms with Crippen LogP contribution in [0.4, 0.5) is 0 Å². The normalized spacial score (nSPS) is 17.9. The van der Waals surface area contributed by atoms with Gasteiger partial charge in [-0.25, -0.2) is 8.42 Å². The highest BCUT2D eigenvalue weighted by atomic mass is 32.2. The standard InChI is InChI=1S/C11H13NO2S/c1-9(2)12-8-7-10-5-3-4-6-11(10)15(12,13)14/h3-9H,1-2H3. The van der Waals surface area contributed by atoms with E-state index in [0.29, 0.717) is 4.90 Å². The molecule has 4 heteroatoms. The maximum absolute atomic E-state index is 12.1. The van der Waals surface area contributed by atoms with Crippen LogP contribution in [-0.4, -0.2) is 18.8 Å². The first-order valence-electron chi connectivity index (χ1n) is 4.84. The molecule has 0 aliphatic carbocycles. The van der Waals surface area contributed by atoms with E-state index in [0.717, 1.165) is 5.56 Å². The summed E-state index contributed by atoms with van der Waals surface area (Å²) in [5.41, 5.74) is 0.759. The molecular weight excluding hydrogens is 210 g/mol. The second-order valence-corrected chi connectivity index (χ2v) is 5.59. The zero-order chi connectivity index (χ0) is 11.1. The molecule has 0 aromatic heterocycles. The molecule has 0 radical (unpaired) electrons. The van der Waals surface area contributed by atoms with E-state index in [1.807, 2.05) is 26.0 Å². The minimum Gasteiger partial charge on any atom is -0.271 e. The van der Waals surface area contributed by atoms with Gasteiger partial charge in [0.25, 0.3) is 10.0 Å². The fourth-order valence-corrected chi connectivity index (χ4v) is 3.34. The van der Waals surface area contributed by atoms with Gasteiger partial charge in [0.1, 0.15) is 0 Å². The predicted molar refractivity (Wildman–Crippen MR) is 59.6 cm³/mol. The molecule has 0 saturated carbocycles. The van der Waals surface area contributed by atoms with E-state index in [9.17, 15) is 8.42 Å². The molecule has 0 fully saturated rings. The van der Waals surface area contributed by atoms with Crippen molar-refractivity contribution in [1.82, 2.24) is 4.31 Å². The van der Waals surface area contributed by atoms with Crippen LogP contribution in [0, 0.1) is 0 Å².